The number of aryl methyl sites for hydroxylation is 2. The van der Waals surface area contributed by atoms with Crippen molar-refractivity contribution >= 4 is 31.6 Å². The van der Waals surface area contributed by atoms with Crippen LogP contribution in [0.5, 0.6) is 0 Å². The van der Waals surface area contributed by atoms with Gasteiger partial charge in [-0.1, -0.05) is 96.1 Å². The zero-order chi connectivity index (χ0) is 24.6. The smallest absolute Gasteiger partial charge is 0.358 e. The number of allylic oxidation sites excluding steroid dienone is 1. The zero-order valence-corrected chi connectivity index (χ0v) is 28.1. The summed E-state index contributed by atoms with van der Waals surface area (Å²) in [6, 6.07) is 35.9. The van der Waals surface area contributed by atoms with Gasteiger partial charge in [-0.15, -0.1) is 34.2 Å². The number of hydrogen-bond donors (Lipinski definition) is 0. The van der Waals surface area contributed by atoms with Crippen LogP contribution in [0.4, 0.5) is 0 Å². The van der Waals surface area contributed by atoms with Gasteiger partial charge >= 0.3 is 25.8 Å². The molecule has 1 atom stereocenters. The van der Waals surface area contributed by atoms with Gasteiger partial charge < -0.3 is 21.8 Å². The van der Waals surface area contributed by atoms with E-state index in [0.29, 0.717) is 15.4 Å². The first-order valence-electron chi connectivity index (χ1n) is 12.9. The molecule has 2 radical (unpaired) electrons. The Balaban J connectivity index is 0.00000140. The molecule has 0 fully saturated rings. The Morgan fingerprint density at radius 1 is 0.744 bits per heavy atom. The third kappa shape index (κ3) is 5.79. The summed E-state index contributed by atoms with van der Waals surface area (Å²) >= 11 is 0. The van der Waals surface area contributed by atoms with Gasteiger partial charge in [0.1, 0.15) is 0 Å². The Labute approximate surface area is 257 Å². The van der Waals surface area contributed by atoms with Gasteiger partial charge in [0.2, 0.25) is 0 Å². The molecule has 0 aliphatic heterocycles. The second-order valence-corrected chi connectivity index (χ2v) is 11.3. The second kappa shape index (κ2) is 13.1. The van der Waals surface area contributed by atoms with Crippen LogP contribution in [0.15, 0.2) is 102 Å². The summed E-state index contributed by atoms with van der Waals surface area (Å²) in [6.07, 6.45) is 4.54. The molecule has 1 unspecified atom stereocenters. The molecule has 0 heterocycles. The Kier molecular flexibility index (Phi) is 10.4. The summed E-state index contributed by atoms with van der Waals surface area (Å²) in [5.74, 6) is 0.452. The van der Waals surface area contributed by atoms with Crippen LogP contribution in [0.3, 0.4) is 0 Å². The molecule has 6 rings (SSSR count). The van der Waals surface area contributed by atoms with E-state index >= 15 is 0 Å². The van der Waals surface area contributed by atoms with Crippen LogP contribution in [-0.2, 0) is 25.8 Å². The van der Waals surface area contributed by atoms with E-state index in [0.717, 1.165) is 12.8 Å². The minimum atomic E-state index is 0. The minimum absolute atomic E-state index is 0. The summed E-state index contributed by atoms with van der Waals surface area (Å²) in [5, 5.41) is 5.67. The number of rotatable bonds is 6. The molecule has 5 aromatic carbocycles. The van der Waals surface area contributed by atoms with Crippen LogP contribution in [0.1, 0.15) is 41.0 Å². The van der Waals surface area contributed by atoms with E-state index in [1.165, 1.54) is 60.5 Å². The zero-order valence-electron chi connectivity index (χ0n) is 23.5. The molecule has 5 aromatic rings. The molecular formula is C37H36HfSi. The quantitative estimate of drug-likeness (QED) is 0.123. The van der Waals surface area contributed by atoms with Crippen LogP contribution >= 0.6 is 0 Å². The van der Waals surface area contributed by atoms with Crippen molar-refractivity contribution in [1.29, 1.82) is 0 Å². The van der Waals surface area contributed by atoms with Gasteiger partial charge in [-0.05, 0) is 58.7 Å². The fraction of sp³-hybridized carbons (Fsp3) is 0.135. The van der Waals surface area contributed by atoms with E-state index in [2.05, 4.69) is 124 Å². The maximum Gasteiger partial charge on any atom is 4.00 e. The second-order valence-electron chi connectivity index (χ2n) is 9.91. The first kappa shape index (κ1) is 30.9. The van der Waals surface area contributed by atoms with Crippen LogP contribution in [0, 0.1) is 35.6 Å². The van der Waals surface area contributed by atoms with E-state index < -0.39 is 0 Å². The van der Waals surface area contributed by atoms with E-state index in [1.807, 2.05) is 0 Å². The predicted octanol–water partition coefficient (Wildman–Crippen LogP) is 9.49. The molecule has 1 aliphatic carbocycles. The predicted molar refractivity (Wildman–Crippen MR) is 170 cm³/mol. The van der Waals surface area contributed by atoms with Gasteiger partial charge in [0.15, 0.2) is 0 Å². The molecule has 0 bridgehead atoms. The van der Waals surface area contributed by atoms with Crippen molar-refractivity contribution in [3.63, 3.8) is 0 Å². The summed E-state index contributed by atoms with van der Waals surface area (Å²) in [5.41, 5.74) is 10.9. The largest absolute Gasteiger partial charge is 4.00 e. The van der Waals surface area contributed by atoms with Gasteiger partial charge in [0.25, 0.3) is 0 Å². The van der Waals surface area contributed by atoms with Crippen molar-refractivity contribution in [3.8, 4) is 22.3 Å². The molecule has 0 nitrogen and oxygen atoms in total. The Morgan fingerprint density at radius 2 is 1.33 bits per heavy atom. The molecule has 0 saturated heterocycles. The average molecular weight is 687 g/mol. The molecule has 192 valence electrons. The Morgan fingerprint density at radius 3 is 2.00 bits per heavy atom. The number of hydrogen-bond acceptors (Lipinski definition) is 0. The monoisotopic (exact) mass is 688 g/mol. The van der Waals surface area contributed by atoms with Crippen molar-refractivity contribution in [1.82, 2.24) is 0 Å². The molecule has 0 saturated carbocycles. The number of fused-ring (bicyclic) bond motifs is 2. The van der Waals surface area contributed by atoms with Gasteiger partial charge in [0.05, 0.1) is 9.52 Å². The van der Waals surface area contributed by atoms with E-state index in [9.17, 15) is 0 Å². The Bertz CT molecular complexity index is 1600. The third-order valence-corrected chi connectivity index (χ3v) is 8.95. The topological polar surface area (TPSA) is 0 Å². The maximum absolute atomic E-state index is 4.22. The molecule has 2 heteroatoms. The first-order valence-corrected chi connectivity index (χ1v) is 13.9. The molecule has 0 amide bonds. The van der Waals surface area contributed by atoms with E-state index in [4.69, 9.17) is 0 Å². The van der Waals surface area contributed by atoms with Crippen LogP contribution in [0.25, 0.3) is 39.1 Å². The number of benzene rings is 4. The van der Waals surface area contributed by atoms with Gasteiger partial charge in [-0.2, -0.15) is 12.5 Å². The van der Waals surface area contributed by atoms with Crippen molar-refractivity contribution in [2.75, 3.05) is 0 Å². The van der Waals surface area contributed by atoms with Gasteiger partial charge in [-0.25, -0.2) is 0 Å². The SMILES string of the molecule is [CH2-]CCC1C([Si]c2cc3c(-c4ccccc4C)cccc3[cH-]2)=Cc2c(-c3ccccc3C)cccc21.[CH3-].[CH3-].[Hf+4]. The van der Waals surface area contributed by atoms with Gasteiger partial charge in [0, 0.05) is 0 Å². The summed E-state index contributed by atoms with van der Waals surface area (Å²) < 4.78 is 0. The molecule has 0 aromatic heterocycles. The van der Waals surface area contributed by atoms with Gasteiger partial charge in [-0.3, -0.25) is 0 Å². The molecule has 1 aliphatic rings. The molecular weight excluding hydrogens is 651 g/mol. The molecule has 0 N–H and O–H groups in total. The van der Waals surface area contributed by atoms with E-state index in [1.54, 1.807) is 5.20 Å². The Hall–Kier alpha value is -2.68. The summed E-state index contributed by atoms with van der Waals surface area (Å²) in [4.78, 5) is 0. The molecule has 39 heavy (non-hydrogen) atoms. The minimum Gasteiger partial charge on any atom is -0.358 e. The molecule has 0 spiro atoms. The van der Waals surface area contributed by atoms with Crippen molar-refractivity contribution in [3.05, 3.63) is 146 Å². The van der Waals surface area contributed by atoms with Crippen LogP contribution < -0.4 is 5.19 Å². The standard InChI is InChI=1S/C35H30Si.2CH3.Hf/c1-4-11-32-31-19-10-18-30(28-16-8-6-13-24(28)3)34(31)22-35(32)36-26-20-25-14-9-17-29(33(25)21-26)27-15-7-5-12-23(27)2;;;/h5-10,12-22,32H,1,4,11H2,2-3H3;2*1H3;/q-2;2*-1;+4. The van der Waals surface area contributed by atoms with Crippen LogP contribution in [0.2, 0.25) is 0 Å². The van der Waals surface area contributed by atoms with Crippen molar-refractivity contribution < 1.29 is 25.8 Å². The van der Waals surface area contributed by atoms with Crippen molar-refractivity contribution in [2.24, 2.45) is 0 Å². The summed E-state index contributed by atoms with van der Waals surface area (Å²) in [6.45, 7) is 8.64. The normalized spacial score (nSPS) is 13.6. The third-order valence-electron chi connectivity index (χ3n) is 7.59. The summed E-state index contributed by atoms with van der Waals surface area (Å²) in [7, 11) is 0.664. The fourth-order valence-corrected chi connectivity index (χ4v) is 7.27. The van der Waals surface area contributed by atoms with E-state index in [-0.39, 0.29) is 40.7 Å². The van der Waals surface area contributed by atoms with Crippen LogP contribution in [-0.4, -0.2) is 9.52 Å². The maximum atomic E-state index is 4.22. The average Bonchev–Trinajstić information content (AvgIpc) is 3.46. The fourth-order valence-electron chi connectivity index (χ4n) is 5.80. The first-order chi connectivity index (χ1) is 17.6. The van der Waals surface area contributed by atoms with Crippen molar-refractivity contribution in [2.45, 2.75) is 32.6 Å².